The minimum absolute atomic E-state index is 0.271. The Morgan fingerprint density at radius 1 is 1.16 bits per heavy atom. The molecule has 0 radical (unpaired) electrons. The van der Waals surface area contributed by atoms with E-state index in [0.29, 0.717) is 34.6 Å². The molecule has 154 valence electrons. The van der Waals surface area contributed by atoms with Gasteiger partial charge in [-0.1, -0.05) is 12.1 Å². The van der Waals surface area contributed by atoms with Crippen molar-refractivity contribution in [3.8, 4) is 5.75 Å². The number of rotatable bonds is 5. The van der Waals surface area contributed by atoms with Crippen LogP contribution in [0.5, 0.6) is 5.75 Å². The van der Waals surface area contributed by atoms with Crippen LogP contribution in [-0.2, 0) is 13.7 Å². The SMILES string of the molecule is Cn1ccnc1COc1ccc(NC(=O)c2cnn3c2[nH]c(=O)c2ccccc23)cc1. The second kappa shape index (κ2) is 7.45. The van der Waals surface area contributed by atoms with Crippen LogP contribution < -0.4 is 15.6 Å². The standard InChI is InChI=1S/C22H18N6O3/c1-27-11-10-23-19(27)13-31-15-8-6-14(7-9-15)25-22(30)17-12-24-28-18-5-3-2-4-16(18)21(29)26-20(17)28/h2-12H,13H2,1H3,(H,25,30)(H,26,29). The highest BCUT2D eigenvalue weighted by Gasteiger charge is 2.16. The normalized spacial score (nSPS) is 11.1. The first kappa shape index (κ1) is 18.6. The maximum Gasteiger partial charge on any atom is 0.261 e. The molecule has 3 aromatic heterocycles. The smallest absolute Gasteiger partial charge is 0.261 e. The molecule has 0 aliphatic carbocycles. The highest BCUT2D eigenvalue weighted by atomic mass is 16.5. The van der Waals surface area contributed by atoms with Crippen molar-refractivity contribution in [3.05, 3.63) is 88.9 Å². The van der Waals surface area contributed by atoms with Gasteiger partial charge in [0.2, 0.25) is 0 Å². The number of para-hydroxylation sites is 1. The summed E-state index contributed by atoms with van der Waals surface area (Å²) in [6.07, 6.45) is 5.01. The first-order valence-electron chi connectivity index (χ1n) is 9.59. The third-order valence-electron chi connectivity index (χ3n) is 5.02. The Labute approximate surface area is 175 Å². The number of hydrogen-bond acceptors (Lipinski definition) is 5. The van der Waals surface area contributed by atoms with E-state index in [1.54, 1.807) is 53.2 Å². The molecule has 0 saturated carbocycles. The van der Waals surface area contributed by atoms with Crippen LogP contribution in [0.25, 0.3) is 16.6 Å². The molecule has 0 unspecified atom stereocenters. The number of imidazole rings is 1. The summed E-state index contributed by atoms with van der Waals surface area (Å²) in [5.41, 5.74) is 1.58. The molecular formula is C22H18N6O3. The number of amides is 1. The summed E-state index contributed by atoms with van der Waals surface area (Å²) >= 11 is 0. The number of benzene rings is 2. The number of carbonyl (C=O) groups is 1. The lowest BCUT2D eigenvalue weighted by Crippen LogP contribution is -2.15. The summed E-state index contributed by atoms with van der Waals surface area (Å²) in [6, 6.07) is 14.1. The summed E-state index contributed by atoms with van der Waals surface area (Å²) in [5, 5.41) is 7.61. The van der Waals surface area contributed by atoms with Crippen molar-refractivity contribution in [2.45, 2.75) is 6.61 Å². The molecule has 0 atom stereocenters. The molecule has 3 heterocycles. The number of ether oxygens (including phenoxy) is 1. The predicted molar refractivity (Wildman–Crippen MR) is 115 cm³/mol. The van der Waals surface area contributed by atoms with E-state index in [1.807, 2.05) is 23.9 Å². The molecule has 1 amide bonds. The van der Waals surface area contributed by atoms with Crippen molar-refractivity contribution in [3.63, 3.8) is 0 Å². The number of hydrogen-bond donors (Lipinski definition) is 2. The van der Waals surface area contributed by atoms with Gasteiger partial charge in [-0.25, -0.2) is 9.50 Å². The zero-order valence-electron chi connectivity index (χ0n) is 16.6. The molecule has 9 heteroatoms. The number of aromatic nitrogens is 5. The zero-order chi connectivity index (χ0) is 21.4. The average Bonchev–Trinajstić information content (AvgIpc) is 3.39. The zero-order valence-corrected chi connectivity index (χ0v) is 16.6. The number of nitrogens with one attached hydrogen (secondary N) is 2. The van der Waals surface area contributed by atoms with E-state index in [1.165, 1.54) is 6.20 Å². The largest absolute Gasteiger partial charge is 0.486 e. The molecule has 2 N–H and O–H groups in total. The van der Waals surface area contributed by atoms with Gasteiger partial charge in [-0.15, -0.1) is 0 Å². The minimum Gasteiger partial charge on any atom is -0.486 e. The van der Waals surface area contributed by atoms with Crippen molar-refractivity contribution in [1.29, 1.82) is 0 Å². The van der Waals surface area contributed by atoms with Crippen molar-refractivity contribution in [1.82, 2.24) is 24.1 Å². The molecule has 9 nitrogen and oxygen atoms in total. The van der Waals surface area contributed by atoms with Crippen LogP contribution in [0.2, 0.25) is 0 Å². The van der Waals surface area contributed by atoms with Crippen LogP contribution in [-0.4, -0.2) is 30.1 Å². The van der Waals surface area contributed by atoms with Gasteiger partial charge in [-0.05, 0) is 36.4 Å². The second-order valence-electron chi connectivity index (χ2n) is 7.01. The molecular weight excluding hydrogens is 396 g/mol. The average molecular weight is 414 g/mol. The first-order chi connectivity index (χ1) is 15.1. The van der Waals surface area contributed by atoms with E-state index in [-0.39, 0.29) is 17.0 Å². The molecule has 0 saturated heterocycles. The number of aromatic amines is 1. The lowest BCUT2D eigenvalue weighted by Gasteiger charge is -2.08. The van der Waals surface area contributed by atoms with E-state index >= 15 is 0 Å². The first-order valence-corrected chi connectivity index (χ1v) is 9.59. The maximum atomic E-state index is 12.8. The molecule has 0 aliphatic rings. The molecule has 0 fully saturated rings. The number of anilines is 1. The van der Waals surface area contributed by atoms with Gasteiger partial charge in [0, 0.05) is 25.1 Å². The highest BCUT2D eigenvalue weighted by molar-refractivity contribution is 6.08. The number of aryl methyl sites for hydroxylation is 1. The summed E-state index contributed by atoms with van der Waals surface area (Å²) in [7, 11) is 1.90. The number of fused-ring (bicyclic) bond motifs is 3. The van der Waals surface area contributed by atoms with Gasteiger partial charge in [0.15, 0.2) is 0 Å². The number of carbonyl (C=O) groups excluding carboxylic acids is 1. The number of nitrogens with zero attached hydrogens (tertiary/aromatic N) is 4. The van der Waals surface area contributed by atoms with Gasteiger partial charge in [0.1, 0.15) is 29.4 Å². The third-order valence-corrected chi connectivity index (χ3v) is 5.02. The highest BCUT2D eigenvalue weighted by Crippen LogP contribution is 2.19. The molecule has 5 rings (SSSR count). The summed E-state index contributed by atoms with van der Waals surface area (Å²) < 4.78 is 9.17. The Morgan fingerprint density at radius 3 is 2.74 bits per heavy atom. The van der Waals surface area contributed by atoms with Crippen molar-refractivity contribution >= 4 is 28.1 Å². The number of H-pyrrole nitrogens is 1. The third kappa shape index (κ3) is 3.42. The van der Waals surface area contributed by atoms with Crippen molar-refractivity contribution < 1.29 is 9.53 Å². The molecule has 2 aromatic carbocycles. The van der Waals surface area contributed by atoms with Crippen LogP contribution >= 0.6 is 0 Å². The Bertz CT molecular complexity index is 1460. The lowest BCUT2D eigenvalue weighted by molar-refractivity contribution is 0.102. The predicted octanol–water partition coefficient (Wildman–Crippen LogP) is 2.74. The van der Waals surface area contributed by atoms with Crippen molar-refractivity contribution in [2.75, 3.05) is 5.32 Å². The van der Waals surface area contributed by atoms with E-state index in [9.17, 15) is 9.59 Å². The minimum atomic E-state index is -0.373. The van der Waals surface area contributed by atoms with Gasteiger partial charge >= 0.3 is 0 Å². The Kier molecular flexibility index (Phi) is 4.47. The Hall–Kier alpha value is -4.40. The molecule has 0 spiro atoms. The van der Waals surface area contributed by atoms with Crippen LogP contribution in [0.15, 0.2) is 71.9 Å². The fraction of sp³-hybridized carbons (Fsp3) is 0.0909. The maximum absolute atomic E-state index is 12.8. The topological polar surface area (TPSA) is 106 Å². The fourth-order valence-corrected chi connectivity index (χ4v) is 3.36. The van der Waals surface area contributed by atoms with E-state index in [2.05, 4.69) is 20.4 Å². The summed E-state index contributed by atoms with van der Waals surface area (Å²) in [5.74, 6) is 1.10. The molecule has 31 heavy (non-hydrogen) atoms. The van der Waals surface area contributed by atoms with Crippen LogP contribution in [0.3, 0.4) is 0 Å². The Morgan fingerprint density at radius 2 is 1.97 bits per heavy atom. The van der Waals surface area contributed by atoms with Gasteiger partial charge in [-0.2, -0.15) is 5.10 Å². The summed E-state index contributed by atoms with van der Waals surface area (Å²) in [4.78, 5) is 32.2. The van der Waals surface area contributed by atoms with E-state index < -0.39 is 0 Å². The lowest BCUT2D eigenvalue weighted by atomic mass is 10.2. The van der Waals surface area contributed by atoms with Gasteiger partial charge in [0.25, 0.3) is 11.5 Å². The molecule has 5 aromatic rings. The van der Waals surface area contributed by atoms with Gasteiger partial charge in [0.05, 0.1) is 17.1 Å². The van der Waals surface area contributed by atoms with E-state index in [0.717, 1.165) is 5.82 Å². The fourth-order valence-electron chi connectivity index (χ4n) is 3.36. The monoisotopic (exact) mass is 414 g/mol. The Balaban J connectivity index is 1.35. The summed E-state index contributed by atoms with van der Waals surface area (Å²) in [6.45, 7) is 0.346. The second-order valence-corrected chi connectivity index (χ2v) is 7.01. The molecule has 0 bridgehead atoms. The van der Waals surface area contributed by atoms with Crippen LogP contribution in [0, 0.1) is 0 Å². The van der Waals surface area contributed by atoms with Gasteiger partial charge < -0.3 is 19.6 Å². The van der Waals surface area contributed by atoms with Crippen LogP contribution in [0.4, 0.5) is 5.69 Å². The van der Waals surface area contributed by atoms with E-state index in [4.69, 9.17) is 4.74 Å². The van der Waals surface area contributed by atoms with Gasteiger partial charge in [-0.3, -0.25) is 9.59 Å². The quantitative estimate of drug-likeness (QED) is 0.460. The molecule has 0 aliphatic heterocycles. The van der Waals surface area contributed by atoms with Crippen LogP contribution in [0.1, 0.15) is 16.2 Å². The van der Waals surface area contributed by atoms with Crippen molar-refractivity contribution in [2.24, 2.45) is 7.05 Å².